The molecule has 1 N–H and O–H groups in total. The first kappa shape index (κ1) is 4.62. The highest BCUT2D eigenvalue weighted by atomic mass is 35.5. The van der Waals surface area contributed by atoms with Gasteiger partial charge in [-0.05, 0) is 0 Å². The van der Waals surface area contributed by atoms with E-state index in [-0.39, 0.29) is 11.5 Å². The summed E-state index contributed by atoms with van der Waals surface area (Å²) in [5, 5.41) is 0.234. The Morgan fingerprint density at radius 3 is 3.30 bits per heavy atom. The van der Waals surface area contributed by atoms with Gasteiger partial charge >= 0.3 is 0 Å². The molecule has 10 heavy (non-hydrogen) atoms. The van der Waals surface area contributed by atoms with Gasteiger partial charge in [-0.2, -0.15) is 0 Å². The third-order valence-electron chi connectivity index (χ3n) is 1.13. The van der Waals surface area contributed by atoms with Crippen LogP contribution in [0.25, 0.3) is 11.2 Å². The van der Waals surface area contributed by atoms with Crippen LogP contribution in [0.5, 0.6) is 0 Å². The fourth-order valence-electron chi connectivity index (χ4n) is 0.696. The minimum absolute atomic E-state index is 0.116. The van der Waals surface area contributed by atoms with Gasteiger partial charge < -0.3 is 4.98 Å². The van der Waals surface area contributed by atoms with Gasteiger partial charge in [0.25, 0.3) is 0 Å². The molecule has 0 aliphatic heterocycles. The second-order valence-electron chi connectivity index (χ2n) is 1.72. The standard InChI is InChI=1S/C5H3ClN4/c6-4-3-5(9-1-7-3)10-2-8-4/h1-2H,(H,7,8,9,10)/i2D. The number of halogens is 1. The quantitative estimate of drug-likeness (QED) is 0.578. The Kier molecular flexibility index (Phi) is 0.885. The number of aromatic nitrogens is 4. The fraction of sp³-hybridized carbons (Fsp3) is 0. The van der Waals surface area contributed by atoms with Gasteiger partial charge in [-0.25, -0.2) is 15.0 Å². The summed E-state index contributed by atoms with van der Waals surface area (Å²) in [6, 6.07) is 0. The van der Waals surface area contributed by atoms with E-state index in [0.717, 1.165) is 0 Å². The zero-order valence-corrected chi connectivity index (χ0v) is 5.55. The maximum atomic E-state index is 7.10. The maximum absolute atomic E-state index is 7.10. The van der Waals surface area contributed by atoms with Crippen LogP contribution in [0.1, 0.15) is 1.37 Å². The van der Waals surface area contributed by atoms with Gasteiger partial charge in [0.15, 0.2) is 10.8 Å². The molecule has 2 aromatic heterocycles. The minimum atomic E-state index is -0.116. The monoisotopic (exact) mass is 155 g/mol. The van der Waals surface area contributed by atoms with Crippen molar-refractivity contribution >= 4 is 22.8 Å². The van der Waals surface area contributed by atoms with Crippen LogP contribution in [0.2, 0.25) is 5.15 Å². The fourth-order valence-corrected chi connectivity index (χ4v) is 0.873. The van der Waals surface area contributed by atoms with Gasteiger partial charge in [-0.3, -0.25) is 0 Å². The Labute approximate surface area is 62.7 Å². The van der Waals surface area contributed by atoms with E-state index in [1.807, 2.05) is 0 Å². The number of rotatable bonds is 0. The van der Waals surface area contributed by atoms with Gasteiger partial charge in [0.05, 0.1) is 6.33 Å². The summed E-state index contributed by atoms with van der Waals surface area (Å²) in [5.74, 6) is 0. The molecule has 2 aromatic rings. The molecule has 50 valence electrons. The molecule has 4 nitrogen and oxygen atoms in total. The third kappa shape index (κ3) is 0.657. The third-order valence-corrected chi connectivity index (χ3v) is 1.40. The summed E-state index contributed by atoms with van der Waals surface area (Å²) < 4.78 is 7.10. The average molecular weight is 156 g/mol. The number of nitrogens with one attached hydrogen (secondary N) is 1. The normalized spacial score (nSPS) is 11.9. The minimum Gasteiger partial charge on any atom is -0.341 e. The summed E-state index contributed by atoms with van der Waals surface area (Å²) in [6.45, 7) is 0. The smallest absolute Gasteiger partial charge is 0.182 e. The molecular formula is C5H3ClN4. The highest BCUT2D eigenvalue weighted by Crippen LogP contribution is 2.13. The second-order valence-corrected chi connectivity index (χ2v) is 2.07. The Morgan fingerprint density at radius 2 is 2.40 bits per heavy atom. The molecule has 0 amide bonds. The Balaban J connectivity index is 2.91. The van der Waals surface area contributed by atoms with Gasteiger partial charge in [0, 0.05) is 0 Å². The van der Waals surface area contributed by atoms with Crippen LogP contribution >= 0.6 is 11.6 Å². The zero-order valence-electron chi connectivity index (χ0n) is 5.80. The molecule has 0 unspecified atom stereocenters. The van der Waals surface area contributed by atoms with Crippen molar-refractivity contribution in [2.24, 2.45) is 0 Å². The number of H-pyrrole nitrogens is 1. The predicted molar refractivity (Wildman–Crippen MR) is 36.7 cm³/mol. The Hall–Kier alpha value is -1.16. The lowest BCUT2D eigenvalue weighted by Crippen LogP contribution is -1.80. The van der Waals surface area contributed by atoms with Gasteiger partial charge in [-0.15, -0.1) is 0 Å². The summed E-state index contributed by atoms with van der Waals surface area (Å²) in [4.78, 5) is 13.9. The van der Waals surface area contributed by atoms with E-state index in [1.165, 1.54) is 6.33 Å². The lowest BCUT2D eigenvalue weighted by atomic mass is 10.6. The summed E-state index contributed by atoms with van der Waals surface area (Å²) in [6.07, 6.45) is 1.35. The zero-order chi connectivity index (χ0) is 7.84. The van der Waals surface area contributed by atoms with Crippen LogP contribution in [-0.4, -0.2) is 19.9 Å². The molecule has 0 saturated heterocycles. The number of fused-ring (bicyclic) bond motifs is 1. The topological polar surface area (TPSA) is 54.5 Å². The highest BCUT2D eigenvalue weighted by Gasteiger charge is 2.00. The van der Waals surface area contributed by atoms with Crippen molar-refractivity contribution in [1.29, 1.82) is 0 Å². The van der Waals surface area contributed by atoms with Crippen molar-refractivity contribution in [3.8, 4) is 0 Å². The SMILES string of the molecule is [2H]c1nc(Cl)c2[nH]cnc2n1. The number of hydrogen-bond acceptors (Lipinski definition) is 3. The van der Waals surface area contributed by atoms with Crippen molar-refractivity contribution in [3.05, 3.63) is 17.8 Å². The maximum Gasteiger partial charge on any atom is 0.182 e. The van der Waals surface area contributed by atoms with Crippen LogP contribution < -0.4 is 0 Å². The van der Waals surface area contributed by atoms with E-state index in [1.54, 1.807) is 0 Å². The van der Waals surface area contributed by atoms with Gasteiger partial charge in [-0.1, -0.05) is 11.6 Å². The van der Waals surface area contributed by atoms with Crippen LogP contribution in [0.3, 0.4) is 0 Å². The van der Waals surface area contributed by atoms with Crippen molar-refractivity contribution in [2.75, 3.05) is 0 Å². The van der Waals surface area contributed by atoms with Crippen molar-refractivity contribution in [3.63, 3.8) is 0 Å². The molecule has 0 atom stereocenters. The highest BCUT2D eigenvalue weighted by molar-refractivity contribution is 6.33. The second kappa shape index (κ2) is 1.91. The molecular weight excluding hydrogens is 152 g/mol. The number of nitrogens with zero attached hydrogens (tertiary/aromatic N) is 3. The Bertz CT molecular complexity index is 398. The lowest BCUT2D eigenvalue weighted by Gasteiger charge is -1.86. The molecule has 0 bridgehead atoms. The van der Waals surface area contributed by atoms with Crippen molar-refractivity contribution in [1.82, 2.24) is 19.9 Å². The van der Waals surface area contributed by atoms with E-state index in [9.17, 15) is 0 Å². The number of hydrogen-bond donors (Lipinski definition) is 1. The molecule has 0 fully saturated rings. The van der Waals surface area contributed by atoms with E-state index in [4.69, 9.17) is 13.0 Å². The Morgan fingerprint density at radius 1 is 1.50 bits per heavy atom. The first-order chi connectivity index (χ1) is 5.27. The molecule has 2 heterocycles. The molecule has 0 aliphatic carbocycles. The summed E-state index contributed by atoms with van der Waals surface area (Å²) in [7, 11) is 0. The molecule has 0 saturated carbocycles. The van der Waals surface area contributed by atoms with Crippen molar-refractivity contribution in [2.45, 2.75) is 0 Å². The van der Waals surface area contributed by atoms with E-state index in [0.29, 0.717) is 11.2 Å². The van der Waals surface area contributed by atoms with Gasteiger partial charge in [0.1, 0.15) is 13.2 Å². The van der Waals surface area contributed by atoms with Crippen LogP contribution in [-0.2, 0) is 0 Å². The van der Waals surface area contributed by atoms with Crippen molar-refractivity contribution < 1.29 is 1.37 Å². The molecule has 0 aromatic carbocycles. The van der Waals surface area contributed by atoms with E-state index in [2.05, 4.69) is 19.9 Å². The van der Waals surface area contributed by atoms with E-state index < -0.39 is 0 Å². The largest absolute Gasteiger partial charge is 0.341 e. The van der Waals surface area contributed by atoms with Crippen LogP contribution in [0.15, 0.2) is 12.6 Å². The first-order valence-corrected chi connectivity index (χ1v) is 2.98. The number of aromatic amines is 1. The molecule has 0 radical (unpaired) electrons. The molecule has 2 rings (SSSR count). The van der Waals surface area contributed by atoms with Crippen LogP contribution in [0, 0.1) is 0 Å². The predicted octanol–water partition coefficient (Wildman–Crippen LogP) is 1.01. The molecule has 5 heteroatoms. The number of imidazole rings is 1. The van der Waals surface area contributed by atoms with E-state index >= 15 is 0 Å². The average Bonchev–Trinajstić information content (AvgIpc) is 2.34. The van der Waals surface area contributed by atoms with Crippen LogP contribution in [0.4, 0.5) is 0 Å². The van der Waals surface area contributed by atoms with Gasteiger partial charge in [0.2, 0.25) is 0 Å². The summed E-state index contributed by atoms with van der Waals surface area (Å²) >= 11 is 5.66. The molecule has 0 spiro atoms. The molecule has 0 aliphatic rings. The summed E-state index contributed by atoms with van der Waals surface area (Å²) in [5.41, 5.74) is 0.998. The first-order valence-electron chi connectivity index (χ1n) is 3.10. The lowest BCUT2D eigenvalue weighted by molar-refractivity contribution is 1.20.